The molecule has 0 aliphatic carbocycles. The average Bonchev–Trinajstić information content (AvgIpc) is 2.83. The van der Waals surface area contributed by atoms with Crippen molar-refractivity contribution in [2.24, 2.45) is 0 Å². The van der Waals surface area contributed by atoms with Gasteiger partial charge in [-0.3, -0.25) is 4.79 Å². The third-order valence-corrected chi connectivity index (χ3v) is 3.59. The molecule has 1 aliphatic heterocycles. The Balaban J connectivity index is 2.00. The van der Waals surface area contributed by atoms with E-state index in [9.17, 15) is 9.59 Å². The van der Waals surface area contributed by atoms with Crippen molar-refractivity contribution in [3.8, 4) is 0 Å². The monoisotopic (exact) mass is 293 g/mol. The number of imide groups is 1. The molecule has 3 rings (SSSR count). The summed E-state index contributed by atoms with van der Waals surface area (Å²) >= 11 is 0. The van der Waals surface area contributed by atoms with E-state index in [0.29, 0.717) is 11.5 Å². The Labute approximate surface area is 128 Å². The van der Waals surface area contributed by atoms with Gasteiger partial charge < -0.3 is 5.32 Å². The number of anilines is 1. The van der Waals surface area contributed by atoms with Crippen LogP contribution in [0.25, 0.3) is 5.57 Å². The largest absolute Gasteiger partial charge is 0.334 e. The summed E-state index contributed by atoms with van der Waals surface area (Å²) in [7, 11) is 0. The van der Waals surface area contributed by atoms with Crippen LogP contribution in [0.5, 0.6) is 0 Å². The third kappa shape index (κ3) is 2.37. The number of rotatable bonds is 2. The van der Waals surface area contributed by atoms with Crippen molar-refractivity contribution >= 4 is 23.3 Å². The zero-order valence-corrected chi connectivity index (χ0v) is 12.3. The maximum Gasteiger partial charge on any atom is 0.334 e. The number of amides is 3. The molecule has 1 N–H and O–H groups in total. The zero-order valence-electron chi connectivity index (χ0n) is 12.3. The highest BCUT2D eigenvalue weighted by molar-refractivity contribution is 6.28. The number of nitrogens with one attached hydrogen (secondary N) is 1. The van der Waals surface area contributed by atoms with Crippen molar-refractivity contribution in [1.82, 2.24) is 10.3 Å². The van der Waals surface area contributed by atoms with E-state index in [2.05, 4.69) is 10.3 Å². The van der Waals surface area contributed by atoms with Crippen molar-refractivity contribution < 1.29 is 9.59 Å². The van der Waals surface area contributed by atoms with E-state index < -0.39 is 6.03 Å². The molecule has 0 radical (unpaired) electrons. The molecule has 1 fully saturated rings. The first kappa shape index (κ1) is 14.0. The molecule has 110 valence electrons. The number of aryl methyl sites for hydroxylation is 1. The van der Waals surface area contributed by atoms with Gasteiger partial charge in [-0.15, -0.1) is 0 Å². The topological polar surface area (TPSA) is 62.3 Å². The van der Waals surface area contributed by atoms with Gasteiger partial charge in [0.1, 0.15) is 11.5 Å². The van der Waals surface area contributed by atoms with Crippen molar-refractivity contribution in [3.05, 3.63) is 65.5 Å². The number of carbonyl (C=O) groups is 2. The van der Waals surface area contributed by atoms with Gasteiger partial charge in [0.2, 0.25) is 0 Å². The van der Waals surface area contributed by atoms with Gasteiger partial charge in [0, 0.05) is 6.20 Å². The molecule has 1 aromatic carbocycles. The lowest BCUT2D eigenvalue weighted by Crippen LogP contribution is -2.31. The fourth-order valence-corrected chi connectivity index (χ4v) is 2.32. The van der Waals surface area contributed by atoms with E-state index in [-0.39, 0.29) is 5.91 Å². The molecular formula is C17H15N3O2. The highest BCUT2D eigenvalue weighted by atomic mass is 16.2. The second kappa shape index (κ2) is 5.44. The minimum atomic E-state index is -0.481. The van der Waals surface area contributed by atoms with Crippen LogP contribution in [-0.2, 0) is 4.79 Å². The molecule has 5 nitrogen and oxygen atoms in total. The zero-order chi connectivity index (χ0) is 15.7. The van der Waals surface area contributed by atoms with Crippen molar-refractivity contribution in [3.63, 3.8) is 0 Å². The van der Waals surface area contributed by atoms with Crippen molar-refractivity contribution in [2.45, 2.75) is 13.8 Å². The number of allylic oxidation sites excluding steroid dienone is 1. The number of benzene rings is 1. The summed E-state index contributed by atoms with van der Waals surface area (Å²) in [5, 5.41) is 2.64. The molecule has 1 aromatic heterocycles. The summed E-state index contributed by atoms with van der Waals surface area (Å²) in [6, 6.07) is 12.4. The predicted molar refractivity (Wildman–Crippen MR) is 84.0 cm³/mol. The minimum Gasteiger partial charge on any atom is -0.302 e. The molecule has 5 heteroatoms. The summed E-state index contributed by atoms with van der Waals surface area (Å²) in [4.78, 5) is 29.8. The van der Waals surface area contributed by atoms with Crippen LogP contribution in [0.2, 0.25) is 0 Å². The second-order valence-electron chi connectivity index (χ2n) is 5.12. The summed E-state index contributed by atoms with van der Waals surface area (Å²) in [5.74, 6) is -0.0709. The van der Waals surface area contributed by atoms with Gasteiger partial charge in [-0.1, -0.05) is 35.9 Å². The highest BCUT2D eigenvalue weighted by Gasteiger charge is 2.36. The highest BCUT2D eigenvalue weighted by Crippen LogP contribution is 2.25. The number of hydrogen-bond donors (Lipinski definition) is 1. The molecule has 0 atom stereocenters. The van der Waals surface area contributed by atoms with Gasteiger partial charge in [0.25, 0.3) is 5.91 Å². The number of carbonyl (C=O) groups excluding carboxylic acids is 2. The predicted octanol–water partition coefficient (Wildman–Crippen LogP) is 2.88. The molecule has 1 aliphatic rings. The lowest BCUT2D eigenvalue weighted by atomic mass is 10.0. The molecule has 1 saturated heterocycles. The van der Waals surface area contributed by atoms with E-state index >= 15 is 0 Å². The van der Waals surface area contributed by atoms with Crippen LogP contribution in [0.3, 0.4) is 0 Å². The van der Waals surface area contributed by atoms with Crippen molar-refractivity contribution in [1.29, 1.82) is 0 Å². The van der Waals surface area contributed by atoms with Crippen LogP contribution in [0.15, 0.2) is 54.4 Å². The van der Waals surface area contributed by atoms with Gasteiger partial charge in [-0.2, -0.15) is 0 Å². The number of aromatic nitrogens is 1. The smallest absolute Gasteiger partial charge is 0.302 e. The Morgan fingerprint density at radius 2 is 1.82 bits per heavy atom. The third-order valence-electron chi connectivity index (χ3n) is 3.59. The normalized spacial score (nSPS) is 16.7. The number of nitrogens with zero attached hydrogens (tertiary/aromatic N) is 2. The van der Waals surface area contributed by atoms with Gasteiger partial charge in [-0.05, 0) is 37.1 Å². The summed E-state index contributed by atoms with van der Waals surface area (Å²) in [6.07, 6.45) is 1.55. The quantitative estimate of drug-likeness (QED) is 0.684. The van der Waals surface area contributed by atoms with Crippen molar-refractivity contribution in [2.75, 3.05) is 4.90 Å². The number of pyridine rings is 1. The van der Waals surface area contributed by atoms with Gasteiger partial charge in [-0.25, -0.2) is 14.7 Å². The Bertz CT molecular complexity index is 764. The SMILES string of the molecule is C/C(=C1/NC(=O)N(c2ccccn2)C1=O)c1ccc(C)cc1. The molecule has 2 aromatic rings. The molecule has 2 heterocycles. The summed E-state index contributed by atoms with van der Waals surface area (Å²) in [5.41, 5.74) is 3.06. The van der Waals surface area contributed by atoms with Crippen LogP contribution in [0, 0.1) is 6.92 Å². The maximum absolute atomic E-state index is 12.5. The fourth-order valence-electron chi connectivity index (χ4n) is 2.32. The Morgan fingerprint density at radius 3 is 2.45 bits per heavy atom. The van der Waals surface area contributed by atoms with Gasteiger partial charge in [0.05, 0.1) is 0 Å². The van der Waals surface area contributed by atoms with E-state index in [1.807, 2.05) is 38.1 Å². The van der Waals surface area contributed by atoms with Crippen LogP contribution in [0.4, 0.5) is 10.6 Å². The lowest BCUT2D eigenvalue weighted by Gasteiger charge is -2.10. The van der Waals surface area contributed by atoms with Crippen LogP contribution < -0.4 is 10.2 Å². The number of urea groups is 1. The van der Waals surface area contributed by atoms with Gasteiger partial charge in [0.15, 0.2) is 0 Å². The van der Waals surface area contributed by atoms with E-state index in [0.717, 1.165) is 21.6 Å². The molecule has 0 saturated carbocycles. The van der Waals surface area contributed by atoms with Crippen LogP contribution in [0.1, 0.15) is 18.1 Å². The summed E-state index contributed by atoms with van der Waals surface area (Å²) in [6.45, 7) is 3.82. The Morgan fingerprint density at radius 1 is 1.09 bits per heavy atom. The van der Waals surface area contributed by atoms with Gasteiger partial charge >= 0.3 is 6.03 Å². The minimum absolute atomic E-state index is 0.291. The lowest BCUT2D eigenvalue weighted by molar-refractivity contribution is -0.113. The maximum atomic E-state index is 12.5. The first-order chi connectivity index (χ1) is 10.6. The second-order valence-corrected chi connectivity index (χ2v) is 5.12. The molecule has 0 bridgehead atoms. The van der Waals surface area contributed by atoms with E-state index in [1.54, 1.807) is 24.4 Å². The molecule has 0 spiro atoms. The first-order valence-electron chi connectivity index (χ1n) is 6.92. The molecular weight excluding hydrogens is 278 g/mol. The van der Waals surface area contributed by atoms with E-state index in [4.69, 9.17) is 0 Å². The van der Waals surface area contributed by atoms with Crippen LogP contribution >= 0.6 is 0 Å². The molecule has 0 unspecified atom stereocenters. The Hall–Kier alpha value is -2.95. The Kier molecular flexibility index (Phi) is 3.47. The van der Waals surface area contributed by atoms with Crippen LogP contribution in [-0.4, -0.2) is 16.9 Å². The fraction of sp³-hybridized carbons (Fsp3) is 0.118. The standard InChI is InChI=1S/C17H15N3O2/c1-11-6-8-13(9-7-11)12(2)15-16(21)20(17(22)19-15)14-5-3-4-10-18-14/h3-10H,1-2H3,(H,19,22)/b15-12-. The number of hydrogen-bond acceptors (Lipinski definition) is 3. The van der Waals surface area contributed by atoms with E-state index in [1.165, 1.54) is 0 Å². The summed E-state index contributed by atoms with van der Waals surface area (Å²) < 4.78 is 0. The first-order valence-corrected chi connectivity index (χ1v) is 6.92. The average molecular weight is 293 g/mol. The molecule has 3 amide bonds. The molecule has 22 heavy (non-hydrogen) atoms.